The smallest absolute Gasteiger partial charge is 0.312 e. The average molecular weight is 330 g/mol. The Labute approximate surface area is 142 Å². The Morgan fingerprint density at radius 3 is 2.21 bits per heavy atom. The van der Waals surface area contributed by atoms with Gasteiger partial charge in [0.25, 0.3) is 5.91 Å². The second kappa shape index (κ2) is 7.11. The summed E-state index contributed by atoms with van der Waals surface area (Å²) in [6.07, 6.45) is 3.92. The van der Waals surface area contributed by atoms with Gasteiger partial charge < -0.3 is 21.3 Å². The Morgan fingerprint density at radius 1 is 1.04 bits per heavy atom. The van der Waals surface area contributed by atoms with Crippen molar-refractivity contribution >= 4 is 17.6 Å². The van der Waals surface area contributed by atoms with Crippen molar-refractivity contribution in [3.63, 3.8) is 0 Å². The zero-order valence-corrected chi connectivity index (χ0v) is 14.1. The van der Waals surface area contributed by atoms with E-state index in [-0.39, 0.29) is 18.0 Å². The fraction of sp³-hybridized carbons (Fsp3) is 0.556. The highest BCUT2D eigenvalue weighted by Gasteiger charge is 2.31. The molecule has 0 unspecified atom stereocenters. The zero-order valence-electron chi connectivity index (χ0n) is 14.1. The normalized spacial score (nSPS) is 24.1. The van der Waals surface area contributed by atoms with Crippen LogP contribution in [0, 0.1) is 5.92 Å². The minimum Gasteiger partial charge on any atom is -0.372 e. The summed E-state index contributed by atoms with van der Waals surface area (Å²) < 4.78 is 0. The van der Waals surface area contributed by atoms with Crippen molar-refractivity contribution in [3.05, 3.63) is 29.8 Å². The summed E-state index contributed by atoms with van der Waals surface area (Å²) in [6.45, 7) is 4.47. The van der Waals surface area contributed by atoms with Crippen LogP contribution in [0.5, 0.6) is 0 Å². The first-order chi connectivity index (χ1) is 11.5. The van der Waals surface area contributed by atoms with Crippen LogP contribution >= 0.6 is 0 Å². The van der Waals surface area contributed by atoms with E-state index in [0.29, 0.717) is 5.56 Å². The van der Waals surface area contributed by atoms with E-state index in [2.05, 4.69) is 22.5 Å². The van der Waals surface area contributed by atoms with Gasteiger partial charge in [-0.2, -0.15) is 0 Å². The van der Waals surface area contributed by atoms with Crippen molar-refractivity contribution in [1.82, 2.24) is 10.6 Å². The molecule has 2 fully saturated rings. The predicted molar refractivity (Wildman–Crippen MR) is 94.0 cm³/mol. The molecule has 1 saturated carbocycles. The molecule has 4 N–H and O–H groups in total. The number of urea groups is 1. The van der Waals surface area contributed by atoms with E-state index < -0.39 is 6.03 Å². The monoisotopic (exact) mass is 330 g/mol. The van der Waals surface area contributed by atoms with Gasteiger partial charge in [-0.05, 0) is 55.9 Å². The number of amides is 3. The second-order valence-electron chi connectivity index (χ2n) is 7.06. The first kappa shape index (κ1) is 16.6. The summed E-state index contributed by atoms with van der Waals surface area (Å²) in [6, 6.07) is 7.52. The quantitative estimate of drug-likeness (QED) is 0.787. The van der Waals surface area contributed by atoms with Crippen molar-refractivity contribution in [2.24, 2.45) is 11.7 Å². The Kier molecular flexibility index (Phi) is 4.92. The van der Waals surface area contributed by atoms with Gasteiger partial charge in [0, 0.05) is 36.4 Å². The molecule has 1 heterocycles. The minimum atomic E-state index is -0.507. The molecule has 130 valence electrons. The minimum absolute atomic E-state index is 0.0589. The fourth-order valence-corrected chi connectivity index (χ4v) is 3.41. The number of piperidine rings is 1. The molecular formula is C18H26N4O2. The van der Waals surface area contributed by atoms with E-state index >= 15 is 0 Å². The summed E-state index contributed by atoms with van der Waals surface area (Å²) in [5.74, 6) is 0.748. The van der Waals surface area contributed by atoms with Crippen molar-refractivity contribution in [1.29, 1.82) is 0 Å². The van der Waals surface area contributed by atoms with Gasteiger partial charge in [0.05, 0.1) is 0 Å². The summed E-state index contributed by atoms with van der Waals surface area (Å²) in [5.41, 5.74) is 6.95. The molecular weight excluding hydrogens is 304 g/mol. The molecule has 24 heavy (non-hydrogen) atoms. The topological polar surface area (TPSA) is 87.5 Å². The zero-order chi connectivity index (χ0) is 17.1. The van der Waals surface area contributed by atoms with Crippen LogP contribution in [0.4, 0.5) is 10.5 Å². The first-order valence-corrected chi connectivity index (χ1v) is 8.73. The molecule has 1 aromatic rings. The molecule has 1 aromatic carbocycles. The Bertz CT molecular complexity index is 588. The van der Waals surface area contributed by atoms with E-state index in [1.165, 1.54) is 18.5 Å². The number of anilines is 1. The van der Waals surface area contributed by atoms with Gasteiger partial charge >= 0.3 is 6.03 Å². The Morgan fingerprint density at radius 2 is 1.62 bits per heavy atom. The van der Waals surface area contributed by atoms with Gasteiger partial charge in [-0.3, -0.25) is 4.79 Å². The number of primary amides is 1. The van der Waals surface area contributed by atoms with Gasteiger partial charge in [0.15, 0.2) is 0 Å². The third-order valence-electron chi connectivity index (χ3n) is 5.10. The van der Waals surface area contributed by atoms with Crippen LogP contribution in [0.15, 0.2) is 24.3 Å². The summed E-state index contributed by atoms with van der Waals surface area (Å²) in [5, 5.41) is 5.65. The number of carbonyl (C=O) groups excluding carboxylic acids is 2. The predicted octanol–water partition coefficient (Wildman–Crippen LogP) is 1.85. The standard InChI is InChI=1S/C18H26N4O2/c1-12-6-8-22(9-7-12)16-4-2-13(3-5-16)17(23)20-14-10-15(11-14)21-18(19)24/h2-5,12,14-15H,6-11H2,1H3,(H,20,23)(H3,19,21,24). The van der Waals surface area contributed by atoms with Gasteiger partial charge in [0.1, 0.15) is 0 Å². The van der Waals surface area contributed by atoms with Gasteiger partial charge in [-0.15, -0.1) is 0 Å². The number of nitrogens with two attached hydrogens (primary N) is 1. The maximum absolute atomic E-state index is 12.3. The number of nitrogens with one attached hydrogen (secondary N) is 2. The molecule has 1 aliphatic carbocycles. The van der Waals surface area contributed by atoms with Gasteiger partial charge in [-0.25, -0.2) is 4.79 Å². The van der Waals surface area contributed by atoms with Crippen molar-refractivity contribution in [2.45, 2.75) is 44.7 Å². The molecule has 2 aliphatic rings. The number of nitrogens with zero attached hydrogens (tertiary/aromatic N) is 1. The molecule has 0 aromatic heterocycles. The van der Waals surface area contributed by atoms with Crippen molar-refractivity contribution in [3.8, 4) is 0 Å². The number of benzene rings is 1. The highest BCUT2D eigenvalue weighted by atomic mass is 16.2. The lowest BCUT2D eigenvalue weighted by Crippen LogP contribution is -2.54. The molecule has 6 heteroatoms. The Balaban J connectivity index is 1.49. The van der Waals surface area contributed by atoms with Crippen molar-refractivity contribution < 1.29 is 9.59 Å². The van der Waals surface area contributed by atoms with Crippen LogP contribution in [0.25, 0.3) is 0 Å². The van der Waals surface area contributed by atoms with E-state index in [9.17, 15) is 9.59 Å². The number of hydrogen-bond acceptors (Lipinski definition) is 3. The van der Waals surface area contributed by atoms with Crippen molar-refractivity contribution in [2.75, 3.05) is 18.0 Å². The molecule has 1 saturated heterocycles. The molecule has 0 atom stereocenters. The number of hydrogen-bond donors (Lipinski definition) is 3. The van der Waals surface area contributed by atoms with E-state index in [1.807, 2.05) is 24.3 Å². The van der Waals surface area contributed by atoms with Gasteiger partial charge in [0.2, 0.25) is 0 Å². The van der Waals surface area contributed by atoms with Crippen LogP contribution in [0.3, 0.4) is 0 Å². The van der Waals surface area contributed by atoms with Gasteiger partial charge in [-0.1, -0.05) is 6.92 Å². The van der Waals surface area contributed by atoms with Crippen LogP contribution in [0.1, 0.15) is 43.0 Å². The summed E-state index contributed by atoms with van der Waals surface area (Å²) in [4.78, 5) is 25.4. The largest absolute Gasteiger partial charge is 0.372 e. The average Bonchev–Trinajstić information content (AvgIpc) is 2.53. The van der Waals surface area contributed by atoms with E-state index in [0.717, 1.165) is 31.8 Å². The lowest BCUT2D eigenvalue weighted by Gasteiger charge is -2.35. The SMILES string of the molecule is CC1CCN(c2ccc(C(=O)NC3CC(NC(N)=O)C3)cc2)CC1. The van der Waals surface area contributed by atoms with Crippen LogP contribution < -0.4 is 21.3 Å². The third-order valence-corrected chi connectivity index (χ3v) is 5.10. The maximum Gasteiger partial charge on any atom is 0.312 e. The summed E-state index contributed by atoms with van der Waals surface area (Å²) in [7, 11) is 0. The molecule has 1 aliphatic heterocycles. The number of rotatable bonds is 4. The summed E-state index contributed by atoms with van der Waals surface area (Å²) >= 11 is 0. The first-order valence-electron chi connectivity index (χ1n) is 8.73. The van der Waals surface area contributed by atoms with E-state index in [4.69, 9.17) is 5.73 Å². The molecule has 3 rings (SSSR count). The fourth-order valence-electron chi connectivity index (χ4n) is 3.41. The lowest BCUT2D eigenvalue weighted by atomic mass is 9.86. The maximum atomic E-state index is 12.3. The molecule has 0 spiro atoms. The van der Waals surface area contributed by atoms with E-state index in [1.54, 1.807) is 0 Å². The van der Waals surface area contributed by atoms with Crippen LogP contribution in [0.2, 0.25) is 0 Å². The third kappa shape index (κ3) is 3.99. The molecule has 0 bridgehead atoms. The molecule has 3 amide bonds. The highest BCUT2D eigenvalue weighted by molar-refractivity contribution is 5.94. The molecule has 0 radical (unpaired) electrons. The second-order valence-corrected chi connectivity index (χ2v) is 7.06. The lowest BCUT2D eigenvalue weighted by molar-refractivity contribution is 0.0905. The molecule has 6 nitrogen and oxygen atoms in total. The number of carbonyl (C=O) groups is 2. The van der Waals surface area contributed by atoms with Crippen LogP contribution in [-0.2, 0) is 0 Å². The highest BCUT2D eigenvalue weighted by Crippen LogP contribution is 2.24. The Hall–Kier alpha value is -2.24. The van der Waals surface area contributed by atoms with Crippen LogP contribution in [-0.4, -0.2) is 37.1 Å².